The summed E-state index contributed by atoms with van der Waals surface area (Å²) in [6.45, 7) is 6.16. The van der Waals surface area contributed by atoms with Crippen molar-refractivity contribution in [1.82, 2.24) is 0 Å². The molecule has 0 aliphatic carbocycles. The maximum atomic E-state index is 6.16. The van der Waals surface area contributed by atoms with Gasteiger partial charge >= 0.3 is 0 Å². The molecule has 0 aliphatic heterocycles. The zero-order valence-corrected chi connectivity index (χ0v) is 15.6. The number of nitrogens with zero attached hydrogens (tertiary/aromatic N) is 1. The first-order valence-electron chi connectivity index (χ1n) is 8.94. The van der Waals surface area contributed by atoms with Crippen LogP contribution in [-0.2, 0) is 0 Å². The van der Waals surface area contributed by atoms with Crippen LogP contribution in [0.4, 0.5) is 0 Å². The molecule has 1 aromatic heterocycles. The summed E-state index contributed by atoms with van der Waals surface area (Å²) >= 11 is 0. The molecule has 130 valence electrons. The highest BCUT2D eigenvalue weighted by Gasteiger charge is 2.06. The largest absolute Gasteiger partial charge is 0.456 e. The molecule has 0 spiro atoms. The minimum absolute atomic E-state index is 0.839. The Balaban J connectivity index is 2.06. The Kier molecular flexibility index (Phi) is 5.34. The van der Waals surface area contributed by atoms with Crippen LogP contribution in [0, 0.1) is 13.8 Å². The average molecular weight is 335 g/mol. The minimum Gasteiger partial charge on any atom is -0.456 e. The van der Waals surface area contributed by atoms with Gasteiger partial charge in [0.05, 0.1) is 26.0 Å². The van der Waals surface area contributed by atoms with Crippen LogP contribution in [0.3, 0.4) is 0 Å². The molecule has 0 bridgehead atoms. The third-order valence-electron chi connectivity index (χ3n) is 4.35. The van der Waals surface area contributed by atoms with Gasteiger partial charge < -0.3 is 9.32 Å². The van der Waals surface area contributed by atoms with Gasteiger partial charge in [0.15, 0.2) is 0 Å². The van der Waals surface area contributed by atoms with Crippen LogP contribution >= 0.6 is 0 Å². The van der Waals surface area contributed by atoms with Crippen molar-refractivity contribution in [2.24, 2.45) is 4.99 Å². The van der Waals surface area contributed by atoms with Crippen LogP contribution < -0.4 is 10.3 Å². The fraction of sp³-hybridized carbons (Fsp3) is 0.318. The molecular formula is C22H27N2O+. The molecule has 0 aliphatic rings. The number of hydrogen-bond acceptors (Lipinski definition) is 2. The fourth-order valence-corrected chi connectivity index (χ4v) is 2.91. The Hall–Kier alpha value is -2.39. The second-order valence-electron chi connectivity index (χ2n) is 7.05. The molecule has 1 heterocycles. The summed E-state index contributed by atoms with van der Waals surface area (Å²) in [6.07, 6.45) is 1.08. The second-order valence-corrected chi connectivity index (χ2v) is 7.05. The van der Waals surface area contributed by atoms with Crippen molar-refractivity contribution in [2.45, 2.75) is 20.3 Å². The van der Waals surface area contributed by atoms with E-state index in [0.29, 0.717) is 0 Å². The molecule has 3 nitrogen and oxygen atoms in total. The highest BCUT2D eigenvalue weighted by molar-refractivity contribution is 5.79. The molecule has 3 heteroatoms. The van der Waals surface area contributed by atoms with Gasteiger partial charge in [-0.25, -0.2) is 0 Å². The summed E-state index contributed by atoms with van der Waals surface area (Å²) < 4.78 is 6.16. The number of benzene rings is 2. The molecule has 2 aromatic carbocycles. The van der Waals surface area contributed by atoms with E-state index in [9.17, 15) is 0 Å². The summed E-state index contributed by atoms with van der Waals surface area (Å²) in [6, 6.07) is 16.8. The molecule has 3 aromatic rings. The second kappa shape index (κ2) is 7.66. The molecular weight excluding hydrogens is 308 g/mol. The van der Waals surface area contributed by atoms with Crippen LogP contribution in [0.5, 0.6) is 0 Å². The Labute approximate surface area is 149 Å². The van der Waals surface area contributed by atoms with E-state index in [1.165, 1.54) is 16.0 Å². The van der Waals surface area contributed by atoms with Gasteiger partial charge in [0.1, 0.15) is 11.3 Å². The summed E-state index contributed by atoms with van der Waals surface area (Å²) in [5, 5.41) is 2.11. The SMILES string of the molecule is Cc1ccc(-c2cc(=NCCC[NH+](C)C)c3cc(C)ccc3o2)cc1. The van der Waals surface area contributed by atoms with E-state index < -0.39 is 0 Å². The van der Waals surface area contributed by atoms with E-state index in [0.717, 1.165) is 47.2 Å². The lowest BCUT2D eigenvalue weighted by Gasteiger charge is -2.07. The smallest absolute Gasteiger partial charge is 0.136 e. The van der Waals surface area contributed by atoms with Crippen LogP contribution in [0.25, 0.3) is 22.3 Å². The van der Waals surface area contributed by atoms with Crippen molar-refractivity contribution >= 4 is 11.0 Å². The third-order valence-corrected chi connectivity index (χ3v) is 4.35. The van der Waals surface area contributed by atoms with Gasteiger partial charge in [0.25, 0.3) is 0 Å². The summed E-state index contributed by atoms with van der Waals surface area (Å²) in [5.74, 6) is 0.869. The molecule has 0 radical (unpaired) electrons. The Morgan fingerprint density at radius 3 is 2.36 bits per heavy atom. The van der Waals surface area contributed by atoms with Crippen molar-refractivity contribution < 1.29 is 9.32 Å². The van der Waals surface area contributed by atoms with Crippen LogP contribution in [0.1, 0.15) is 17.5 Å². The maximum absolute atomic E-state index is 6.16. The Morgan fingerprint density at radius 2 is 1.64 bits per heavy atom. The Morgan fingerprint density at radius 1 is 0.920 bits per heavy atom. The van der Waals surface area contributed by atoms with Crippen molar-refractivity contribution in [3.8, 4) is 11.3 Å². The first-order valence-corrected chi connectivity index (χ1v) is 8.94. The molecule has 0 saturated heterocycles. The van der Waals surface area contributed by atoms with Gasteiger partial charge in [-0.2, -0.15) is 0 Å². The summed E-state index contributed by atoms with van der Waals surface area (Å²) in [4.78, 5) is 6.34. The minimum atomic E-state index is 0.839. The lowest BCUT2D eigenvalue weighted by molar-refractivity contribution is -0.858. The number of quaternary nitrogens is 1. The number of nitrogens with one attached hydrogen (secondary N) is 1. The van der Waals surface area contributed by atoms with E-state index in [2.05, 4.69) is 70.4 Å². The number of fused-ring (bicyclic) bond motifs is 1. The summed E-state index contributed by atoms with van der Waals surface area (Å²) in [5.41, 5.74) is 4.44. The molecule has 0 atom stereocenters. The molecule has 0 saturated carbocycles. The third kappa shape index (κ3) is 4.37. The van der Waals surface area contributed by atoms with Gasteiger partial charge in [-0.05, 0) is 26.0 Å². The Bertz CT molecular complexity index is 921. The topological polar surface area (TPSA) is 29.9 Å². The lowest BCUT2D eigenvalue weighted by atomic mass is 10.1. The molecule has 3 rings (SSSR count). The van der Waals surface area contributed by atoms with E-state index >= 15 is 0 Å². The highest BCUT2D eigenvalue weighted by atomic mass is 16.3. The highest BCUT2D eigenvalue weighted by Crippen LogP contribution is 2.23. The van der Waals surface area contributed by atoms with Crippen LogP contribution in [-0.4, -0.2) is 27.2 Å². The van der Waals surface area contributed by atoms with Gasteiger partial charge in [0, 0.05) is 30.0 Å². The van der Waals surface area contributed by atoms with E-state index in [4.69, 9.17) is 9.41 Å². The van der Waals surface area contributed by atoms with Crippen molar-refractivity contribution in [2.75, 3.05) is 27.2 Å². The quantitative estimate of drug-likeness (QED) is 0.713. The van der Waals surface area contributed by atoms with E-state index in [-0.39, 0.29) is 0 Å². The molecule has 1 N–H and O–H groups in total. The predicted octanol–water partition coefficient (Wildman–Crippen LogP) is 3.15. The standard InChI is InChI=1S/C22H26N2O/c1-16-6-9-18(10-7-16)22-15-20(23-12-5-13-24(3)4)19-14-17(2)8-11-21(19)25-22/h6-11,14-15H,5,12-13H2,1-4H3/p+1. The van der Waals surface area contributed by atoms with Gasteiger partial charge in [0.2, 0.25) is 0 Å². The fourth-order valence-electron chi connectivity index (χ4n) is 2.91. The normalized spacial score (nSPS) is 12.3. The molecule has 0 fully saturated rings. The zero-order chi connectivity index (χ0) is 17.8. The van der Waals surface area contributed by atoms with E-state index in [1.54, 1.807) is 0 Å². The maximum Gasteiger partial charge on any atom is 0.136 e. The van der Waals surface area contributed by atoms with Crippen molar-refractivity contribution in [1.29, 1.82) is 0 Å². The average Bonchev–Trinajstić information content (AvgIpc) is 2.59. The predicted molar refractivity (Wildman–Crippen MR) is 104 cm³/mol. The molecule has 0 amide bonds. The molecule has 0 unspecified atom stereocenters. The number of aryl methyl sites for hydroxylation is 2. The van der Waals surface area contributed by atoms with Gasteiger partial charge in [-0.15, -0.1) is 0 Å². The van der Waals surface area contributed by atoms with E-state index in [1.807, 2.05) is 6.07 Å². The molecule has 25 heavy (non-hydrogen) atoms. The number of hydrogen-bond donors (Lipinski definition) is 1. The van der Waals surface area contributed by atoms with Crippen LogP contribution in [0.2, 0.25) is 0 Å². The first kappa shape index (κ1) is 17.4. The van der Waals surface area contributed by atoms with Crippen molar-refractivity contribution in [3.63, 3.8) is 0 Å². The zero-order valence-electron chi connectivity index (χ0n) is 15.6. The number of rotatable bonds is 5. The summed E-state index contributed by atoms with van der Waals surface area (Å²) in [7, 11) is 4.35. The van der Waals surface area contributed by atoms with Crippen LogP contribution in [0.15, 0.2) is 57.9 Å². The van der Waals surface area contributed by atoms with Crippen molar-refractivity contribution in [3.05, 3.63) is 65.0 Å². The van der Waals surface area contributed by atoms with Gasteiger partial charge in [-0.3, -0.25) is 4.99 Å². The monoisotopic (exact) mass is 335 g/mol. The van der Waals surface area contributed by atoms with Gasteiger partial charge in [-0.1, -0.05) is 41.5 Å². The lowest BCUT2D eigenvalue weighted by Crippen LogP contribution is -3.05. The first-order chi connectivity index (χ1) is 12.0.